The van der Waals surface area contributed by atoms with E-state index in [4.69, 9.17) is 4.74 Å². The zero-order valence-electron chi connectivity index (χ0n) is 10.7. The van der Waals surface area contributed by atoms with Gasteiger partial charge in [0.2, 0.25) is 0 Å². The minimum absolute atomic E-state index is 0.218. The Hall–Kier alpha value is -0.340. The van der Waals surface area contributed by atoms with Crippen LogP contribution in [0.5, 0.6) is 0 Å². The fourth-order valence-corrected chi connectivity index (χ4v) is 2.46. The molecule has 1 aliphatic heterocycles. The lowest BCUT2D eigenvalue weighted by Crippen LogP contribution is -2.45. The lowest BCUT2D eigenvalue weighted by Gasteiger charge is -2.36. The van der Waals surface area contributed by atoms with Crippen molar-refractivity contribution in [3.8, 4) is 0 Å². The molecule has 0 radical (unpaired) electrons. The number of likely N-dealkylation sites (N-methyl/N-ethyl adjacent to an activating group) is 1. The molecule has 0 aliphatic carbocycles. The molecule has 1 saturated heterocycles. The zero-order chi connectivity index (χ0) is 11.5. The van der Waals surface area contributed by atoms with Crippen LogP contribution in [-0.2, 0) is 4.74 Å². The maximum atomic E-state index is 5.82. The average Bonchev–Trinajstić information content (AvgIpc) is 2.40. The van der Waals surface area contributed by atoms with Crippen molar-refractivity contribution in [3.63, 3.8) is 0 Å². The smallest absolute Gasteiger partial charge is 0.0657 e. The highest BCUT2D eigenvalue weighted by atomic mass is 16.5. The largest absolute Gasteiger partial charge is 0.377 e. The third-order valence-electron chi connectivity index (χ3n) is 3.25. The number of likely N-dealkylation sites (tertiary alicyclic amines) is 1. The SMILES string of the molecule is C=C1CN(C)C(CCC)(COC(C)C)C1. The van der Waals surface area contributed by atoms with E-state index in [1.165, 1.54) is 18.4 Å². The van der Waals surface area contributed by atoms with Gasteiger partial charge < -0.3 is 4.74 Å². The Balaban J connectivity index is 2.65. The summed E-state index contributed by atoms with van der Waals surface area (Å²) in [7, 11) is 2.19. The van der Waals surface area contributed by atoms with Crippen LogP contribution in [0.25, 0.3) is 0 Å². The molecule has 0 saturated carbocycles. The second kappa shape index (κ2) is 5.13. The van der Waals surface area contributed by atoms with Crippen LogP contribution in [0.15, 0.2) is 12.2 Å². The van der Waals surface area contributed by atoms with Crippen molar-refractivity contribution in [2.75, 3.05) is 20.2 Å². The van der Waals surface area contributed by atoms with Gasteiger partial charge in [-0.3, -0.25) is 4.90 Å². The highest BCUT2D eigenvalue weighted by Gasteiger charge is 2.39. The van der Waals surface area contributed by atoms with Crippen molar-refractivity contribution in [2.24, 2.45) is 0 Å². The van der Waals surface area contributed by atoms with Crippen LogP contribution in [0.2, 0.25) is 0 Å². The lowest BCUT2D eigenvalue weighted by molar-refractivity contribution is -0.00873. The third kappa shape index (κ3) is 3.05. The molecule has 2 nitrogen and oxygen atoms in total. The summed E-state index contributed by atoms with van der Waals surface area (Å²) >= 11 is 0. The van der Waals surface area contributed by atoms with Gasteiger partial charge in [0.1, 0.15) is 0 Å². The molecule has 88 valence electrons. The average molecular weight is 211 g/mol. The van der Waals surface area contributed by atoms with E-state index in [0.29, 0.717) is 6.10 Å². The molecule has 1 rings (SSSR count). The fourth-order valence-electron chi connectivity index (χ4n) is 2.46. The Labute approximate surface area is 94.3 Å². The monoisotopic (exact) mass is 211 g/mol. The maximum absolute atomic E-state index is 5.82. The van der Waals surface area contributed by atoms with Crippen molar-refractivity contribution in [3.05, 3.63) is 12.2 Å². The summed E-state index contributed by atoms with van der Waals surface area (Å²) in [6, 6.07) is 0. The zero-order valence-corrected chi connectivity index (χ0v) is 10.7. The summed E-state index contributed by atoms with van der Waals surface area (Å²) in [6.07, 6.45) is 3.83. The Morgan fingerprint density at radius 2 is 2.20 bits per heavy atom. The molecular formula is C13H25NO. The van der Waals surface area contributed by atoms with E-state index in [2.05, 4.69) is 39.3 Å². The third-order valence-corrected chi connectivity index (χ3v) is 3.25. The van der Waals surface area contributed by atoms with Gasteiger partial charge in [-0.15, -0.1) is 0 Å². The molecule has 0 amide bonds. The Morgan fingerprint density at radius 1 is 1.53 bits per heavy atom. The molecule has 1 atom stereocenters. The van der Waals surface area contributed by atoms with Gasteiger partial charge >= 0.3 is 0 Å². The Kier molecular flexibility index (Phi) is 4.35. The maximum Gasteiger partial charge on any atom is 0.0657 e. The summed E-state index contributed by atoms with van der Waals surface area (Å²) in [5.74, 6) is 0. The summed E-state index contributed by atoms with van der Waals surface area (Å²) in [6.45, 7) is 12.4. The van der Waals surface area contributed by atoms with Crippen molar-refractivity contribution < 1.29 is 4.74 Å². The van der Waals surface area contributed by atoms with E-state index in [-0.39, 0.29) is 5.54 Å². The lowest BCUT2D eigenvalue weighted by atomic mass is 9.91. The van der Waals surface area contributed by atoms with Crippen molar-refractivity contribution >= 4 is 0 Å². The molecule has 2 heteroatoms. The quantitative estimate of drug-likeness (QED) is 0.648. The Morgan fingerprint density at radius 3 is 2.60 bits per heavy atom. The minimum Gasteiger partial charge on any atom is -0.377 e. The van der Waals surface area contributed by atoms with E-state index < -0.39 is 0 Å². The minimum atomic E-state index is 0.218. The van der Waals surface area contributed by atoms with E-state index in [1.54, 1.807) is 0 Å². The summed E-state index contributed by atoms with van der Waals surface area (Å²) in [4.78, 5) is 2.42. The van der Waals surface area contributed by atoms with Gasteiger partial charge in [0, 0.05) is 12.1 Å². The highest BCUT2D eigenvalue weighted by Crippen LogP contribution is 2.35. The molecule has 1 fully saturated rings. The summed E-state index contributed by atoms with van der Waals surface area (Å²) in [5, 5.41) is 0. The topological polar surface area (TPSA) is 12.5 Å². The van der Waals surface area contributed by atoms with Crippen molar-refractivity contribution in [1.82, 2.24) is 4.90 Å². The molecule has 0 N–H and O–H groups in total. The summed E-state index contributed by atoms with van der Waals surface area (Å²) in [5.41, 5.74) is 1.56. The van der Waals surface area contributed by atoms with Gasteiger partial charge in [-0.25, -0.2) is 0 Å². The number of ether oxygens (including phenoxy) is 1. The molecular weight excluding hydrogens is 186 g/mol. The molecule has 1 heterocycles. The first-order valence-corrected chi connectivity index (χ1v) is 5.99. The van der Waals surface area contributed by atoms with Gasteiger partial charge in [0.25, 0.3) is 0 Å². The van der Waals surface area contributed by atoms with Gasteiger partial charge in [-0.2, -0.15) is 0 Å². The first kappa shape index (κ1) is 12.7. The predicted molar refractivity (Wildman–Crippen MR) is 65.1 cm³/mol. The van der Waals surface area contributed by atoms with Gasteiger partial charge in [-0.05, 0) is 33.7 Å². The van der Waals surface area contributed by atoms with Crippen LogP contribution in [0.1, 0.15) is 40.0 Å². The van der Waals surface area contributed by atoms with Crippen LogP contribution in [0.3, 0.4) is 0 Å². The molecule has 15 heavy (non-hydrogen) atoms. The molecule has 0 aromatic heterocycles. The van der Waals surface area contributed by atoms with Crippen molar-refractivity contribution in [2.45, 2.75) is 51.7 Å². The van der Waals surface area contributed by atoms with E-state index in [1.807, 2.05) is 0 Å². The van der Waals surface area contributed by atoms with Crippen LogP contribution >= 0.6 is 0 Å². The molecule has 1 unspecified atom stereocenters. The molecule has 0 aromatic carbocycles. The first-order valence-electron chi connectivity index (χ1n) is 5.99. The van der Waals surface area contributed by atoms with E-state index in [0.717, 1.165) is 19.6 Å². The second-order valence-electron chi connectivity index (χ2n) is 5.12. The number of rotatable bonds is 5. The normalized spacial score (nSPS) is 27.9. The molecule has 0 spiro atoms. The van der Waals surface area contributed by atoms with Gasteiger partial charge in [0.15, 0.2) is 0 Å². The van der Waals surface area contributed by atoms with E-state index >= 15 is 0 Å². The molecule has 0 aromatic rings. The van der Waals surface area contributed by atoms with Gasteiger partial charge in [-0.1, -0.05) is 25.5 Å². The molecule has 0 bridgehead atoms. The number of hydrogen-bond donors (Lipinski definition) is 0. The van der Waals surface area contributed by atoms with Crippen LogP contribution in [0, 0.1) is 0 Å². The highest BCUT2D eigenvalue weighted by molar-refractivity contribution is 5.14. The van der Waals surface area contributed by atoms with Crippen LogP contribution in [0.4, 0.5) is 0 Å². The second-order valence-corrected chi connectivity index (χ2v) is 5.12. The van der Waals surface area contributed by atoms with Crippen LogP contribution in [-0.4, -0.2) is 36.7 Å². The van der Waals surface area contributed by atoms with Crippen molar-refractivity contribution in [1.29, 1.82) is 0 Å². The first-order chi connectivity index (χ1) is 7.00. The predicted octanol–water partition coefficient (Wildman–Crippen LogP) is 2.84. The number of nitrogens with zero attached hydrogens (tertiary/aromatic N) is 1. The fraction of sp³-hybridized carbons (Fsp3) is 0.846. The summed E-state index contributed by atoms with van der Waals surface area (Å²) < 4.78 is 5.82. The standard InChI is InChI=1S/C13H25NO/c1-6-7-13(10-15-11(2)3)8-12(4)9-14(13)5/h11H,4,6-10H2,1-3,5H3. The van der Waals surface area contributed by atoms with Crippen LogP contribution < -0.4 is 0 Å². The van der Waals surface area contributed by atoms with E-state index in [9.17, 15) is 0 Å². The molecule has 1 aliphatic rings. The van der Waals surface area contributed by atoms with Gasteiger partial charge in [0.05, 0.1) is 12.7 Å². The number of hydrogen-bond acceptors (Lipinski definition) is 2. The Bertz CT molecular complexity index is 225.